The molecule has 1 unspecified atom stereocenters. The Kier molecular flexibility index (Phi) is 9.49. The van der Waals surface area contributed by atoms with Gasteiger partial charge in [0.15, 0.2) is 8.32 Å². The average molecular weight is 428 g/mol. The zero-order chi connectivity index (χ0) is 22.6. The largest absolute Gasteiger partial charge is 0.411 e. The fourth-order valence-corrected chi connectivity index (χ4v) is 10.1. The Hall–Kier alpha value is 0.0969. The molecule has 1 aliphatic heterocycles. The number of hydrogen-bond donors (Lipinski definition) is 1. The first-order valence-corrected chi connectivity index (χ1v) is 14.9. The minimum atomic E-state index is -1.92. The fourth-order valence-electron chi connectivity index (χ4n) is 5.42. The average Bonchev–Trinajstić information content (AvgIpc) is 2.61. The monoisotopic (exact) mass is 427 g/mol. The van der Waals surface area contributed by atoms with Gasteiger partial charge in [-0.15, -0.1) is 0 Å². The standard InChI is InChI=1S/C25H53NO2Si/c1-12-24(9,13-2)28-29(11,25(10,14-3)15-4)18-16-17-27-21-19-22(5,6)26-23(7,8)20-21/h21,26H,12-20H2,1-11H3. The third kappa shape index (κ3) is 7.33. The Morgan fingerprint density at radius 3 is 1.79 bits per heavy atom. The van der Waals surface area contributed by atoms with Crippen LogP contribution in [0, 0.1) is 0 Å². The van der Waals surface area contributed by atoms with E-state index in [1.54, 1.807) is 0 Å². The van der Waals surface area contributed by atoms with Crippen molar-refractivity contribution in [3.05, 3.63) is 0 Å². The highest BCUT2D eigenvalue weighted by Crippen LogP contribution is 2.49. The summed E-state index contributed by atoms with van der Waals surface area (Å²) in [4.78, 5) is 0. The normalized spacial score (nSPS) is 22.4. The Morgan fingerprint density at radius 2 is 1.38 bits per heavy atom. The SMILES string of the molecule is CCC(C)(CC)O[Si](C)(CCCOC1CC(C)(C)NC(C)(C)C1)C(C)(CC)CC. The lowest BCUT2D eigenvalue weighted by Crippen LogP contribution is -2.59. The number of rotatable bonds is 12. The second kappa shape index (κ2) is 10.1. The summed E-state index contributed by atoms with van der Waals surface area (Å²) in [6.45, 7) is 26.6. The molecule has 1 rings (SSSR count). The Morgan fingerprint density at radius 1 is 0.897 bits per heavy atom. The summed E-state index contributed by atoms with van der Waals surface area (Å²) in [6, 6.07) is 1.19. The van der Waals surface area contributed by atoms with Crippen molar-refractivity contribution in [3.8, 4) is 0 Å². The molecule has 0 spiro atoms. The van der Waals surface area contributed by atoms with Gasteiger partial charge in [0, 0.05) is 17.7 Å². The lowest BCUT2D eigenvalue weighted by atomic mass is 9.81. The molecule has 1 atom stereocenters. The van der Waals surface area contributed by atoms with Crippen molar-refractivity contribution >= 4 is 8.32 Å². The molecule has 1 saturated heterocycles. The van der Waals surface area contributed by atoms with Crippen molar-refractivity contribution in [2.75, 3.05) is 6.61 Å². The molecule has 4 heteroatoms. The summed E-state index contributed by atoms with van der Waals surface area (Å²) < 4.78 is 13.5. The van der Waals surface area contributed by atoms with E-state index in [0.29, 0.717) is 11.1 Å². The first-order valence-electron chi connectivity index (χ1n) is 12.3. The van der Waals surface area contributed by atoms with Crippen LogP contribution in [0.5, 0.6) is 0 Å². The smallest absolute Gasteiger partial charge is 0.196 e. The second-order valence-corrected chi connectivity index (χ2v) is 16.0. The third-order valence-electron chi connectivity index (χ3n) is 8.11. The van der Waals surface area contributed by atoms with E-state index in [1.807, 2.05) is 0 Å². The highest BCUT2D eigenvalue weighted by Gasteiger charge is 2.48. The summed E-state index contributed by atoms with van der Waals surface area (Å²) >= 11 is 0. The summed E-state index contributed by atoms with van der Waals surface area (Å²) in [7, 11) is -1.92. The van der Waals surface area contributed by atoms with E-state index in [4.69, 9.17) is 9.16 Å². The molecule has 1 heterocycles. The van der Waals surface area contributed by atoms with Crippen molar-refractivity contribution in [2.45, 2.75) is 155 Å². The van der Waals surface area contributed by atoms with Gasteiger partial charge in [0.05, 0.1) is 11.7 Å². The maximum Gasteiger partial charge on any atom is 0.196 e. The van der Waals surface area contributed by atoms with Crippen LogP contribution in [0.25, 0.3) is 0 Å². The first kappa shape index (κ1) is 27.1. The quantitative estimate of drug-likeness (QED) is 0.259. The van der Waals surface area contributed by atoms with Crippen LogP contribution in [0.1, 0.15) is 114 Å². The Balaban J connectivity index is 2.78. The zero-order valence-electron chi connectivity index (χ0n) is 21.8. The second-order valence-electron chi connectivity index (χ2n) is 11.7. The van der Waals surface area contributed by atoms with Crippen LogP contribution < -0.4 is 5.32 Å². The molecule has 0 aromatic carbocycles. The van der Waals surface area contributed by atoms with Gasteiger partial charge in [-0.3, -0.25) is 0 Å². The molecular weight excluding hydrogens is 374 g/mol. The van der Waals surface area contributed by atoms with E-state index in [2.05, 4.69) is 81.1 Å². The number of hydrogen-bond acceptors (Lipinski definition) is 3. The van der Waals surface area contributed by atoms with Crippen LogP contribution in [0.2, 0.25) is 17.6 Å². The molecule has 0 aliphatic carbocycles. The lowest BCUT2D eigenvalue weighted by Gasteiger charge is -2.49. The molecule has 1 N–H and O–H groups in total. The zero-order valence-corrected chi connectivity index (χ0v) is 22.8. The minimum absolute atomic E-state index is 0.0104. The first-order chi connectivity index (χ1) is 13.2. The molecule has 29 heavy (non-hydrogen) atoms. The van der Waals surface area contributed by atoms with Gasteiger partial charge in [0.1, 0.15) is 0 Å². The van der Waals surface area contributed by atoms with E-state index in [-0.39, 0.29) is 16.7 Å². The maximum atomic E-state index is 7.10. The van der Waals surface area contributed by atoms with Crippen molar-refractivity contribution < 1.29 is 9.16 Å². The highest BCUT2D eigenvalue weighted by molar-refractivity contribution is 6.75. The summed E-state index contributed by atoms with van der Waals surface area (Å²) in [6.07, 6.45) is 8.24. The third-order valence-corrected chi connectivity index (χ3v) is 13.6. The van der Waals surface area contributed by atoms with E-state index in [9.17, 15) is 0 Å². The maximum absolute atomic E-state index is 7.10. The van der Waals surface area contributed by atoms with Crippen molar-refractivity contribution in [1.82, 2.24) is 5.32 Å². The van der Waals surface area contributed by atoms with Crippen LogP contribution >= 0.6 is 0 Å². The molecular formula is C25H53NO2Si. The van der Waals surface area contributed by atoms with Gasteiger partial charge in [0.2, 0.25) is 0 Å². The molecule has 0 amide bonds. The Bertz CT molecular complexity index is 481. The summed E-state index contributed by atoms with van der Waals surface area (Å²) in [5.74, 6) is 0. The van der Waals surface area contributed by atoms with Crippen LogP contribution in [-0.2, 0) is 9.16 Å². The lowest BCUT2D eigenvalue weighted by molar-refractivity contribution is -0.0221. The van der Waals surface area contributed by atoms with Crippen LogP contribution in [0.4, 0.5) is 0 Å². The predicted molar refractivity (Wildman–Crippen MR) is 130 cm³/mol. The van der Waals surface area contributed by atoms with Crippen molar-refractivity contribution in [2.24, 2.45) is 0 Å². The Labute approximate surface area is 184 Å². The van der Waals surface area contributed by atoms with E-state index in [1.165, 1.54) is 18.9 Å². The molecule has 1 aliphatic rings. The summed E-state index contributed by atoms with van der Waals surface area (Å²) in [5.41, 5.74) is 0.300. The number of piperidine rings is 1. The van der Waals surface area contributed by atoms with Gasteiger partial charge in [-0.25, -0.2) is 0 Å². The van der Waals surface area contributed by atoms with Gasteiger partial charge in [0.25, 0.3) is 0 Å². The minimum Gasteiger partial charge on any atom is -0.411 e. The van der Waals surface area contributed by atoms with Gasteiger partial charge in [-0.2, -0.15) is 0 Å². The van der Waals surface area contributed by atoms with Crippen LogP contribution in [0.15, 0.2) is 0 Å². The van der Waals surface area contributed by atoms with E-state index >= 15 is 0 Å². The number of ether oxygens (including phenoxy) is 1. The van der Waals surface area contributed by atoms with E-state index in [0.717, 1.165) is 38.7 Å². The van der Waals surface area contributed by atoms with Gasteiger partial charge in [-0.05, 0) is 84.4 Å². The molecule has 0 aromatic heterocycles. The molecule has 0 bridgehead atoms. The van der Waals surface area contributed by atoms with E-state index < -0.39 is 8.32 Å². The predicted octanol–water partition coefficient (Wildman–Crippen LogP) is 7.45. The molecule has 174 valence electrons. The molecule has 0 aromatic rings. The number of nitrogens with one attached hydrogen (secondary N) is 1. The van der Waals surface area contributed by atoms with Crippen LogP contribution in [0.3, 0.4) is 0 Å². The highest BCUT2D eigenvalue weighted by atomic mass is 28.4. The molecule has 0 saturated carbocycles. The van der Waals surface area contributed by atoms with Gasteiger partial charge in [-0.1, -0.05) is 47.5 Å². The van der Waals surface area contributed by atoms with Crippen LogP contribution in [-0.4, -0.2) is 37.7 Å². The van der Waals surface area contributed by atoms with Gasteiger partial charge >= 0.3 is 0 Å². The fraction of sp³-hybridized carbons (Fsp3) is 1.00. The summed E-state index contributed by atoms with van der Waals surface area (Å²) in [5, 5.41) is 4.07. The van der Waals surface area contributed by atoms with Crippen molar-refractivity contribution in [1.29, 1.82) is 0 Å². The molecule has 1 fully saturated rings. The topological polar surface area (TPSA) is 30.5 Å². The van der Waals surface area contributed by atoms with Gasteiger partial charge < -0.3 is 14.5 Å². The molecule has 0 radical (unpaired) electrons. The molecule has 3 nitrogen and oxygen atoms in total. The van der Waals surface area contributed by atoms with Crippen molar-refractivity contribution in [3.63, 3.8) is 0 Å².